The van der Waals surface area contributed by atoms with Crippen LogP contribution in [-0.2, 0) is 28.5 Å². The molecule has 10 nitrogen and oxygen atoms in total. The van der Waals surface area contributed by atoms with E-state index in [2.05, 4.69) is 62.5 Å². The Bertz CT molecular complexity index is 960. The highest BCUT2D eigenvalue weighted by Gasteiger charge is 2.44. The summed E-state index contributed by atoms with van der Waals surface area (Å²) in [7, 11) is 0. The van der Waals surface area contributed by atoms with Gasteiger partial charge in [-0.3, -0.25) is 9.59 Å². The van der Waals surface area contributed by atoms with Gasteiger partial charge in [0.2, 0.25) is 0 Å². The fourth-order valence-electron chi connectivity index (χ4n) is 5.41. The second-order valence-corrected chi connectivity index (χ2v) is 13.0. The first-order valence-corrected chi connectivity index (χ1v) is 19.2. The van der Waals surface area contributed by atoms with Crippen LogP contribution in [0.25, 0.3) is 0 Å². The first-order chi connectivity index (χ1) is 24.3. The van der Waals surface area contributed by atoms with Crippen LogP contribution in [0.5, 0.6) is 0 Å². The number of unbranched alkanes of at least 4 members (excludes halogenated alkanes) is 11. The molecule has 0 amide bonds. The van der Waals surface area contributed by atoms with E-state index in [0.29, 0.717) is 12.8 Å². The molecule has 1 aliphatic heterocycles. The molecule has 0 saturated carbocycles. The first kappa shape index (κ1) is 45.7. The summed E-state index contributed by atoms with van der Waals surface area (Å²) in [5.41, 5.74) is 0. The zero-order valence-corrected chi connectivity index (χ0v) is 30.9. The molecule has 1 fully saturated rings. The van der Waals surface area contributed by atoms with Gasteiger partial charge >= 0.3 is 11.9 Å². The van der Waals surface area contributed by atoms with Gasteiger partial charge in [-0.05, 0) is 51.4 Å². The molecule has 1 aliphatic rings. The Morgan fingerprint density at radius 3 is 1.78 bits per heavy atom. The molecule has 6 unspecified atom stereocenters. The van der Waals surface area contributed by atoms with E-state index < -0.39 is 55.4 Å². The van der Waals surface area contributed by atoms with Crippen molar-refractivity contribution in [2.45, 2.75) is 173 Å². The molecule has 10 heteroatoms. The molecule has 0 aromatic rings. The Kier molecular flexibility index (Phi) is 28.7. The van der Waals surface area contributed by atoms with E-state index in [4.69, 9.17) is 18.9 Å². The second-order valence-electron chi connectivity index (χ2n) is 13.0. The van der Waals surface area contributed by atoms with Crippen molar-refractivity contribution in [3.05, 3.63) is 48.6 Å². The molecule has 0 aromatic carbocycles. The summed E-state index contributed by atoms with van der Waals surface area (Å²) in [6.45, 7) is 3.14. The monoisotopic (exact) mass is 708 g/mol. The van der Waals surface area contributed by atoms with Gasteiger partial charge in [0.15, 0.2) is 12.4 Å². The minimum Gasteiger partial charge on any atom is -0.462 e. The number of hydrogen-bond acceptors (Lipinski definition) is 10. The SMILES string of the molecule is CC/C=C\C/C=C\C/C=C\C/C=C\CCCCCCCCCCC(=O)OC(COC(=O)CCCCCC)COC1OC(CO)C(O)C(O)C1O. The van der Waals surface area contributed by atoms with Crippen LogP contribution in [0, 0.1) is 0 Å². The molecule has 1 saturated heterocycles. The first-order valence-electron chi connectivity index (χ1n) is 19.2. The zero-order valence-electron chi connectivity index (χ0n) is 30.9. The van der Waals surface area contributed by atoms with Crippen molar-refractivity contribution in [3.63, 3.8) is 0 Å². The number of hydrogen-bond donors (Lipinski definition) is 4. The largest absolute Gasteiger partial charge is 0.462 e. The van der Waals surface area contributed by atoms with Gasteiger partial charge in [0.1, 0.15) is 31.0 Å². The number of allylic oxidation sites excluding steroid dienone is 8. The molecule has 0 aliphatic carbocycles. The maximum atomic E-state index is 12.6. The maximum absolute atomic E-state index is 12.6. The second kappa shape index (κ2) is 31.4. The molecule has 6 atom stereocenters. The predicted octanol–water partition coefficient (Wildman–Crippen LogP) is 6.93. The number of carbonyl (C=O) groups is 2. The summed E-state index contributed by atoms with van der Waals surface area (Å²) in [5.74, 6) is -0.841. The van der Waals surface area contributed by atoms with Gasteiger partial charge < -0.3 is 39.4 Å². The van der Waals surface area contributed by atoms with Crippen LogP contribution in [0.1, 0.15) is 136 Å². The molecule has 0 spiro atoms. The number of aliphatic hydroxyl groups is 4. The molecule has 50 heavy (non-hydrogen) atoms. The predicted molar refractivity (Wildman–Crippen MR) is 196 cm³/mol. The molecule has 4 N–H and O–H groups in total. The van der Waals surface area contributed by atoms with Crippen molar-refractivity contribution in [1.82, 2.24) is 0 Å². The van der Waals surface area contributed by atoms with Crippen molar-refractivity contribution < 1.29 is 49.0 Å². The molecular formula is C40H68O10. The minimum atomic E-state index is -1.59. The quantitative estimate of drug-likeness (QED) is 0.0351. The lowest BCUT2D eigenvalue weighted by atomic mass is 9.99. The third-order valence-electron chi connectivity index (χ3n) is 8.48. The normalized spacial score (nSPS) is 21.9. The number of esters is 2. The van der Waals surface area contributed by atoms with Crippen LogP contribution >= 0.6 is 0 Å². The lowest BCUT2D eigenvalue weighted by Gasteiger charge is -2.39. The molecule has 0 bridgehead atoms. The fraction of sp³-hybridized carbons (Fsp3) is 0.750. The smallest absolute Gasteiger partial charge is 0.306 e. The minimum absolute atomic E-state index is 0.219. The van der Waals surface area contributed by atoms with Crippen molar-refractivity contribution in [3.8, 4) is 0 Å². The van der Waals surface area contributed by atoms with Gasteiger partial charge in [-0.2, -0.15) is 0 Å². The van der Waals surface area contributed by atoms with E-state index in [1.807, 2.05) is 0 Å². The molecule has 0 radical (unpaired) electrons. The summed E-state index contributed by atoms with van der Waals surface area (Å²) in [6, 6.07) is 0. The number of rotatable bonds is 30. The topological polar surface area (TPSA) is 152 Å². The highest BCUT2D eigenvalue weighted by atomic mass is 16.7. The Labute approximate surface area is 301 Å². The van der Waals surface area contributed by atoms with Crippen molar-refractivity contribution in [1.29, 1.82) is 0 Å². The van der Waals surface area contributed by atoms with Gasteiger partial charge in [-0.15, -0.1) is 0 Å². The average molecular weight is 709 g/mol. The number of ether oxygens (including phenoxy) is 4. The highest BCUT2D eigenvalue weighted by molar-refractivity contribution is 5.70. The van der Waals surface area contributed by atoms with Crippen molar-refractivity contribution >= 4 is 11.9 Å². The molecule has 0 aromatic heterocycles. The van der Waals surface area contributed by atoms with Gasteiger partial charge in [-0.25, -0.2) is 0 Å². The molecule has 1 heterocycles. The number of aliphatic hydroxyl groups excluding tert-OH is 4. The van der Waals surface area contributed by atoms with Crippen LogP contribution in [0.15, 0.2) is 48.6 Å². The third kappa shape index (κ3) is 23.2. The van der Waals surface area contributed by atoms with Crippen LogP contribution in [0.2, 0.25) is 0 Å². The number of carbonyl (C=O) groups excluding carboxylic acids is 2. The Balaban J connectivity index is 2.26. The highest BCUT2D eigenvalue weighted by Crippen LogP contribution is 2.22. The molecule has 288 valence electrons. The van der Waals surface area contributed by atoms with Crippen molar-refractivity contribution in [2.75, 3.05) is 19.8 Å². The Hall–Kier alpha value is -2.34. The zero-order chi connectivity index (χ0) is 36.7. The average Bonchev–Trinajstić information content (AvgIpc) is 3.11. The van der Waals surface area contributed by atoms with E-state index in [9.17, 15) is 30.0 Å². The molecule has 1 rings (SSSR count). The summed E-state index contributed by atoms with van der Waals surface area (Å²) in [4.78, 5) is 24.9. The van der Waals surface area contributed by atoms with Gasteiger partial charge in [-0.1, -0.05) is 120 Å². The maximum Gasteiger partial charge on any atom is 0.306 e. The lowest BCUT2D eigenvalue weighted by molar-refractivity contribution is -0.305. The Morgan fingerprint density at radius 1 is 0.640 bits per heavy atom. The van der Waals surface area contributed by atoms with Gasteiger partial charge in [0.25, 0.3) is 0 Å². The summed E-state index contributed by atoms with van der Waals surface area (Å²) in [6.07, 6.45) is 27.6. The standard InChI is InChI=1S/C40H68O10/c1-3-5-7-9-10-11-12-13-14-15-16-17-18-19-20-21-22-23-24-25-27-29-36(43)49-33(31-47-35(42)28-26-8-6-4-2)32-48-40-39(46)38(45)37(44)34(30-41)50-40/h5,7,10-11,13-14,16-17,33-34,37-41,44-46H,3-4,6,8-9,12,15,18-32H2,1-2H3/b7-5-,11-10-,14-13-,17-16-. The van der Waals surface area contributed by atoms with E-state index in [0.717, 1.165) is 70.6 Å². The van der Waals surface area contributed by atoms with E-state index in [1.165, 1.54) is 25.7 Å². The Morgan fingerprint density at radius 2 is 1.18 bits per heavy atom. The van der Waals surface area contributed by atoms with E-state index >= 15 is 0 Å². The van der Waals surface area contributed by atoms with E-state index in [1.54, 1.807) is 0 Å². The van der Waals surface area contributed by atoms with Gasteiger partial charge in [0.05, 0.1) is 13.2 Å². The van der Waals surface area contributed by atoms with Crippen LogP contribution in [-0.4, -0.2) is 89.0 Å². The van der Waals surface area contributed by atoms with Crippen LogP contribution in [0.4, 0.5) is 0 Å². The van der Waals surface area contributed by atoms with Crippen molar-refractivity contribution in [2.24, 2.45) is 0 Å². The third-order valence-corrected chi connectivity index (χ3v) is 8.48. The molecular weight excluding hydrogens is 640 g/mol. The van der Waals surface area contributed by atoms with Gasteiger partial charge in [0, 0.05) is 12.8 Å². The lowest BCUT2D eigenvalue weighted by Crippen LogP contribution is -2.59. The van der Waals surface area contributed by atoms with E-state index in [-0.39, 0.29) is 26.1 Å². The fourth-order valence-corrected chi connectivity index (χ4v) is 5.41. The summed E-state index contributed by atoms with van der Waals surface area (Å²) in [5, 5.41) is 39.7. The summed E-state index contributed by atoms with van der Waals surface area (Å²) >= 11 is 0. The van der Waals surface area contributed by atoms with Crippen LogP contribution < -0.4 is 0 Å². The summed E-state index contributed by atoms with van der Waals surface area (Å²) < 4.78 is 21.9. The van der Waals surface area contributed by atoms with Crippen LogP contribution in [0.3, 0.4) is 0 Å².